The number of alkyl halides is 2. The Balaban J connectivity index is 3.37. The molecular formula is C9H11F2NO3. The molecule has 0 unspecified atom stereocenters. The van der Waals surface area contributed by atoms with Gasteiger partial charge in [0.15, 0.2) is 0 Å². The summed E-state index contributed by atoms with van der Waals surface area (Å²) in [6.45, 7) is -0.417. The van der Waals surface area contributed by atoms with Crippen molar-refractivity contribution >= 4 is 0 Å². The second-order valence-corrected chi connectivity index (χ2v) is 2.70. The second kappa shape index (κ2) is 4.88. The molecule has 0 aliphatic carbocycles. The zero-order chi connectivity index (χ0) is 11.4. The normalized spacial score (nSPS) is 10.5. The van der Waals surface area contributed by atoms with Gasteiger partial charge in [0.25, 0.3) is 6.43 Å². The molecule has 0 spiro atoms. The van der Waals surface area contributed by atoms with Crippen molar-refractivity contribution in [2.45, 2.75) is 13.0 Å². The van der Waals surface area contributed by atoms with Crippen LogP contribution in [0.4, 0.5) is 8.78 Å². The number of aromatic nitrogens is 1. The molecule has 84 valence electrons. The number of nitrogens with zero attached hydrogens (tertiary/aromatic N) is 1. The number of pyridine rings is 1. The molecule has 0 radical (unpaired) electrons. The Morgan fingerprint density at radius 1 is 1.40 bits per heavy atom. The van der Waals surface area contributed by atoms with Gasteiger partial charge in [0.2, 0.25) is 5.88 Å². The van der Waals surface area contributed by atoms with E-state index in [0.29, 0.717) is 0 Å². The molecule has 1 heterocycles. The highest BCUT2D eigenvalue weighted by molar-refractivity contribution is 5.46. The lowest BCUT2D eigenvalue weighted by atomic mass is 10.1. The molecule has 6 heteroatoms. The van der Waals surface area contributed by atoms with Gasteiger partial charge in [-0.3, -0.25) is 0 Å². The standard InChI is InChI=1S/C9H11F2NO3/c1-14-7-5(4-13)3-12-9(15-2)6(7)8(10)11/h3,8,13H,4H2,1-2H3. The van der Waals surface area contributed by atoms with Gasteiger partial charge in [0.1, 0.15) is 11.3 Å². The summed E-state index contributed by atoms with van der Waals surface area (Å²) in [7, 11) is 2.49. The molecule has 0 aromatic carbocycles. The largest absolute Gasteiger partial charge is 0.496 e. The van der Waals surface area contributed by atoms with E-state index >= 15 is 0 Å². The first-order valence-corrected chi connectivity index (χ1v) is 4.14. The van der Waals surface area contributed by atoms with Crippen molar-refractivity contribution in [3.05, 3.63) is 17.3 Å². The summed E-state index contributed by atoms with van der Waals surface area (Å²) in [6.07, 6.45) is -1.53. The number of ether oxygens (including phenoxy) is 2. The predicted molar refractivity (Wildman–Crippen MR) is 48.2 cm³/mol. The van der Waals surface area contributed by atoms with Crippen LogP contribution in [-0.2, 0) is 6.61 Å². The Hall–Kier alpha value is -1.43. The summed E-state index contributed by atoms with van der Waals surface area (Å²) >= 11 is 0. The van der Waals surface area contributed by atoms with Crippen LogP contribution in [0.5, 0.6) is 11.6 Å². The van der Waals surface area contributed by atoms with E-state index in [1.165, 1.54) is 20.4 Å². The Morgan fingerprint density at radius 2 is 2.07 bits per heavy atom. The summed E-state index contributed by atoms with van der Waals surface area (Å²) in [5, 5.41) is 8.91. The van der Waals surface area contributed by atoms with Gasteiger partial charge in [-0.05, 0) is 0 Å². The van der Waals surface area contributed by atoms with Crippen LogP contribution in [0.1, 0.15) is 17.6 Å². The minimum absolute atomic E-state index is 0.0839. The third kappa shape index (κ3) is 2.15. The summed E-state index contributed by atoms with van der Waals surface area (Å²) in [5.41, 5.74) is -0.236. The minimum Gasteiger partial charge on any atom is -0.496 e. The fourth-order valence-corrected chi connectivity index (χ4v) is 1.24. The average Bonchev–Trinajstić information content (AvgIpc) is 2.26. The lowest BCUT2D eigenvalue weighted by Crippen LogP contribution is -2.03. The fraction of sp³-hybridized carbons (Fsp3) is 0.444. The molecule has 0 atom stereocenters. The van der Waals surface area contributed by atoms with E-state index in [0.717, 1.165) is 0 Å². The van der Waals surface area contributed by atoms with Crippen LogP contribution >= 0.6 is 0 Å². The Bertz CT molecular complexity index is 344. The number of aliphatic hydroxyl groups is 1. The number of methoxy groups -OCH3 is 2. The van der Waals surface area contributed by atoms with E-state index in [1.54, 1.807) is 0 Å². The molecule has 1 aromatic rings. The highest BCUT2D eigenvalue weighted by Gasteiger charge is 2.23. The first-order valence-electron chi connectivity index (χ1n) is 4.14. The van der Waals surface area contributed by atoms with Crippen molar-refractivity contribution in [2.75, 3.05) is 14.2 Å². The lowest BCUT2D eigenvalue weighted by Gasteiger charge is -2.13. The maximum atomic E-state index is 12.7. The van der Waals surface area contributed by atoms with Crippen LogP contribution in [0.2, 0.25) is 0 Å². The molecule has 1 aromatic heterocycles. The molecule has 0 aliphatic heterocycles. The van der Waals surface area contributed by atoms with E-state index < -0.39 is 18.6 Å². The quantitative estimate of drug-likeness (QED) is 0.834. The summed E-state index contributed by atoms with van der Waals surface area (Å²) < 4.78 is 34.9. The van der Waals surface area contributed by atoms with Crippen molar-refractivity contribution < 1.29 is 23.4 Å². The Kier molecular flexibility index (Phi) is 3.79. The zero-order valence-electron chi connectivity index (χ0n) is 8.33. The van der Waals surface area contributed by atoms with E-state index in [9.17, 15) is 8.78 Å². The van der Waals surface area contributed by atoms with Crippen LogP contribution in [0.25, 0.3) is 0 Å². The van der Waals surface area contributed by atoms with Gasteiger partial charge in [-0.15, -0.1) is 0 Å². The molecule has 0 bridgehead atoms. The number of hydrogen-bond donors (Lipinski definition) is 1. The van der Waals surface area contributed by atoms with Crippen LogP contribution in [-0.4, -0.2) is 24.3 Å². The molecule has 0 saturated carbocycles. The van der Waals surface area contributed by atoms with Crippen molar-refractivity contribution in [2.24, 2.45) is 0 Å². The number of aliphatic hydroxyl groups excluding tert-OH is 1. The third-order valence-electron chi connectivity index (χ3n) is 1.89. The highest BCUT2D eigenvalue weighted by Crippen LogP contribution is 2.37. The van der Waals surface area contributed by atoms with Crippen molar-refractivity contribution in [1.82, 2.24) is 4.98 Å². The maximum Gasteiger partial charge on any atom is 0.272 e. The Labute approximate surface area is 85.5 Å². The summed E-state index contributed by atoms with van der Waals surface area (Å²) in [5.74, 6) is -0.279. The van der Waals surface area contributed by atoms with Crippen molar-refractivity contribution in [3.8, 4) is 11.6 Å². The molecule has 15 heavy (non-hydrogen) atoms. The number of rotatable bonds is 4. The monoisotopic (exact) mass is 219 g/mol. The van der Waals surface area contributed by atoms with E-state index in [4.69, 9.17) is 14.6 Å². The van der Waals surface area contributed by atoms with E-state index in [-0.39, 0.29) is 17.2 Å². The van der Waals surface area contributed by atoms with Crippen LogP contribution in [0.3, 0.4) is 0 Å². The molecule has 4 nitrogen and oxygen atoms in total. The highest BCUT2D eigenvalue weighted by atomic mass is 19.3. The van der Waals surface area contributed by atoms with E-state index in [2.05, 4.69) is 4.98 Å². The zero-order valence-corrected chi connectivity index (χ0v) is 8.33. The van der Waals surface area contributed by atoms with Gasteiger partial charge >= 0.3 is 0 Å². The van der Waals surface area contributed by atoms with Gasteiger partial charge in [0.05, 0.1) is 20.8 Å². The van der Waals surface area contributed by atoms with Crippen LogP contribution in [0.15, 0.2) is 6.20 Å². The smallest absolute Gasteiger partial charge is 0.272 e. The van der Waals surface area contributed by atoms with Gasteiger partial charge in [-0.1, -0.05) is 0 Å². The first kappa shape index (κ1) is 11.6. The molecule has 0 amide bonds. The maximum absolute atomic E-state index is 12.7. The number of halogens is 2. The third-order valence-corrected chi connectivity index (χ3v) is 1.89. The SMILES string of the molecule is COc1ncc(CO)c(OC)c1C(F)F. The molecule has 0 saturated heterocycles. The van der Waals surface area contributed by atoms with Crippen LogP contribution in [0, 0.1) is 0 Å². The molecular weight excluding hydrogens is 208 g/mol. The van der Waals surface area contributed by atoms with Crippen molar-refractivity contribution in [3.63, 3.8) is 0 Å². The lowest BCUT2D eigenvalue weighted by molar-refractivity contribution is 0.140. The fourth-order valence-electron chi connectivity index (χ4n) is 1.24. The summed E-state index contributed by atoms with van der Waals surface area (Å²) in [4.78, 5) is 3.66. The Morgan fingerprint density at radius 3 is 2.47 bits per heavy atom. The van der Waals surface area contributed by atoms with Gasteiger partial charge in [-0.25, -0.2) is 13.8 Å². The number of hydrogen-bond acceptors (Lipinski definition) is 4. The van der Waals surface area contributed by atoms with Crippen LogP contribution < -0.4 is 9.47 Å². The minimum atomic E-state index is -2.77. The van der Waals surface area contributed by atoms with Crippen molar-refractivity contribution in [1.29, 1.82) is 0 Å². The molecule has 1 rings (SSSR count). The second-order valence-electron chi connectivity index (χ2n) is 2.70. The van der Waals surface area contributed by atoms with Gasteiger partial charge in [0, 0.05) is 11.8 Å². The average molecular weight is 219 g/mol. The van der Waals surface area contributed by atoms with Gasteiger partial charge in [-0.2, -0.15) is 0 Å². The first-order chi connectivity index (χ1) is 7.15. The molecule has 0 fully saturated rings. The topological polar surface area (TPSA) is 51.6 Å². The van der Waals surface area contributed by atoms with Gasteiger partial charge < -0.3 is 14.6 Å². The van der Waals surface area contributed by atoms with E-state index in [1.807, 2.05) is 0 Å². The molecule has 0 aliphatic rings. The predicted octanol–water partition coefficient (Wildman–Crippen LogP) is 1.53. The molecule has 1 N–H and O–H groups in total. The summed E-state index contributed by atoms with van der Waals surface area (Å²) in [6, 6.07) is 0.